The Morgan fingerprint density at radius 1 is 1.59 bits per heavy atom. The molecular formula is C16H25N3O3. The van der Waals surface area contributed by atoms with E-state index >= 15 is 0 Å². The van der Waals surface area contributed by atoms with E-state index in [1.54, 1.807) is 19.4 Å². The molecular weight excluding hydrogens is 282 g/mol. The topological polar surface area (TPSA) is 76.4 Å². The average molecular weight is 307 g/mol. The number of carbonyl (C=O) groups is 1. The first-order valence-electron chi connectivity index (χ1n) is 7.61. The number of nitrogens with zero attached hydrogens (tertiary/aromatic N) is 2. The van der Waals surface area contributed by atoms with Crippen LogP contribution in [0.3, 0.4) is 0 Å². The van der Waals surface area contributed by atoms with E-state index in [4.69, 9.17) is 4.74 Å². The first kappa shape index (κ1) is 16.5. The number of hydrogen-bond acceptors (Lipinski definition) is 4. The minimum atomic E-state index is -0.491. The Labute approximate surface area is 131 Å². The standard InChI is InChI=1S/C16H25N3O3/c1-11(20)9-19-10-17-8-14(19)12-5-6-13(7-12)18-15(21)22-16(2,3)4/h5,8,10-11,13,20H,6-7,9H2,1-4H3,(H,18,21). The molecule has 1 aliphatic rings. The molecule has 0 aromatic carbocycles. The highest BCUT2D eigenvalue weighted by atomic mass is 16.6. The molecule has 1 amide bonds. The second-order valence-corrected chi connectivity index (χ2v) is 6.79. The van der Waals surface area contributed by atoms with Gasteiger partial charge < -0.3 is 19.7 Å². The average Bonchev–Trinajstić information content (AvgIpc) is 2.94. The van der Waals surface area contributed by atoms with Gasteiger partial charge in [-0.2, -0.15) is 0 Å². The Kier molecular flexibility index (Phi) is 4.90. The summed E-state index contributed by atoms with van der Waals surface area (Å²) in [7, 11) is 0. The number of aliphatic hydroxyl groups excluding tert-OH is 1. The molecule has 2 unspecified atom stereocenters. The van der Waals surface area contributed by atoms with E-state index in [1.165, 1.54) is 0 Å². The minimum Gasteiger partial charge on any atom is -0.444 e. The van der Waals surface area contributed by atoms with Crippen LogP contribution in [0.25, 0.3) is 5.57 Å². The van der Waals surface area contributed by atoms with Gasteiger partial charge in [0.05, 0.1) is 24.3 Å². The summed E-state index contributed by atoms with van der Waals surface area (Å²) in [6.07, 6.45) is 6.33. The third-order valence-corrected chi connectivity index (χ3v) is 3.34. The van der Waals surface area contributed by atoms with Crippen LogP contribution in [0.2, 0.25) is 0 Å². The van der Waals surface area contributed by atoms with E-state index in [-0.39, 0.29) is 12.1 Å². The Hall–Kier alpha value is -1.82. The molecule has 2 atom stereocenters. The van der Waals surface area contributed by atoms with E-state index in [0.29, 0.717) is 6.54 Å². The maximum atomic E-state index is 11.8. The van der Waals surface area contributed by atoms with E-state index in [0.717, 1.165) is 24.1 Å². The lowest BCUT2D eigenvalue weighted by Gasteiger charge is -2.22. The molecule has 0 saturated heterocycles. The lowest BCUT2D eigenvalue weighted by atomic mass is 10.1. The van der Waals surface area contributed by atoms with Crippen molar-refractivity contribution < 1.29 is 14.6 Å². The predicted octanol–water partition coefficient (Wildman–Crippen LogP) is 2.33. The zero-order valence-electron chi connectivity index (χ0n) is 13.7. The van der Waals surface area contributed by atoms with Gasteiger partial charge in [0.25, 0.3) is 0 Å². The fourth-order valence-electron chi connectivity index (χ4n) is 2.53. The van der Waals surface area contributed by atoms with Crippen molar-refractivity contribution >= 4 is 11.7 Å². The number of hydrogen-bond donors (Lipinski definition) is 2. The zero-order valence-corrected chi connectivity index (χ0v) is 13.7. The predicted molar refractivity (Wildman–Crippen MR) is 84.3 cm³/mol. The van der Waals surface area contributed by atoms with Crippen molar-refractivity contribution in [1.82, 2.24) is 14.9 Å². The maximum absolute atomic E-state index is 11.8. The summed E-state index contributed by atoms with van der Waals surface area (Å²) in [6.45, 7) is 7.80. The number of carbonyl (C=O) groups excluding carboxylic acids is 1. The van der Waals surface area contributed by atoms with Crippen LogP contribution >= 0.6 is 0 Å². The number of imidazole rings is 1. The van der Waals surface area contributed by atoms with Crippen LogP contribution in [-0.4, -0.2) is 38.5 Å². The van der Waals surface area contributed by atoms with E-state index in [9.17, 15) is 9.90 Å². The van der Waals surface area contributed by atoms with Crippen molar-refractivity contribution in [2.45, 2.75) is 64.8 Å². The van der Waals surface area contributed by atoms with Crippen LogP contribution in [0.1, 0.15) is 46.2 Å². The van der Waals surface area contributed by atoms with Gasteiger partial charge in [0.15, 0.2) is 0 Å². The molecule has 0 fully saturated rings. The van der Waals surface area contributed by atoms with E-state index in [1.807, 2.05) is 25.3 Å². The highest BCUT2D eigenvalue weighted by Gasteiger charge is 2.24. The summed E-state index contributed by atoms with van der Waals surface area (Å²) in [5, 5.41) is 12.4. The Morgan fingerprint density at radius 2 is 2.32 bits per heavy atom. The highest BCUT2D eigenvalue weighted by molar-refractivity contribution is 5.71. The fraction of sp³-hybridized carbons (Fsp3) is 0.625. The van der Waals surface area contributed by atoms with Gasteiger partial charge in [-0.05, 0) is 46.1 Å². The first-order valence-corrected chi connectivity index (χ1v) is 7.61. The molecule has 1 aromatic rings. The molecule has 0 saturated carbocycles. The van der Waals surface area contributed by atoms with Gasteiger partial charge in [-0.15, -0.1) is 0 Å². The summed E-state index contributed by atoms with van der Waals surface area (Å²) in [5.74, 6) is 0. The number of ether oxygens (including phenoxy) is 1. The molecule has 6 nitrogen and oxygen atoms in total. The van der Waals surface area contributed by atoms with Crippen molar-refractivity contribution in [3.8, 4) is 0 Å². The summed E-state index contributed by atoms with van der Waals surface area (Å²) in [5.41, 5.74) is 1.64. The Balaban J connectivity index is 1.93. The zero-order chi connectivity index (χ0) is 16.3. The summed E-state index contributed by atoms with van der Waals surface area (Å²) >= 11 is 0. The number of alkyl carbamates (subject to hydrolysis) is 1. The van der Waals surface area contributed by atoms with Crippen molar-refractivity contribution in [3.05, 3.63) is 24.3 Å². The van der Waals surface area contributed by atoms with Crippen LogP contribution < -0.4 is 5.32 Å². The van der Waals surface area contributed by atoms with Gasteiger partial charge in [0.1, 0.15) is 5.60 Å². The summed E-state index contributed by atoms with van der Waals surface area (Å²) in [6, 6.07) is 0.0414. The molecule has 122 valence electrons. The summed E-state index contributed by atoms with van der Waals surface area (Å²) < 4.78 is 7.22. The third kappa shape index (κ3) is 4.59. The van der Waals surface area contributed by atoms with Gasteiger partial charge >= 0.3 is 6.09 Å². The quantitative estimate of drug-likeness (QED) is 0.895. The maximum Gasteiger partial charge on any atom is 0.407 e. The van der Waals surface area contributed by atoms with Crippen LogP contribution in [-0.2, 0) is 11.3 Å². The van der Waals surface area contributed by atoms with E-state index < -0.39 is 11.7 Å². The van der Waals surface area contributed by atoms with Crippen molar-refractivity contribution in [2.24, 2.45) is 0 Å². The second kappa shape index (κ2) is 6.52. The number of nitrogens with one attached hydrogen (secondary N) is 1. The minimum absolute atomic E-state index is 0.0414. The monoisotopic (exact) mass is 307 g/mol. The van der Waals surface area contributed by atoms with Gasteiger partial charge in [0.2, 0.25) is 0 Å². The van der Waals surface area contributed by atoms with Gasteiger partial charge in [-0.25, -0.2) is 9.78 Å². The fourth-order valence-corrected chi connectivity index (χ4v) is 2.53. The molecule has 6 heteroatoms. The van der Waals surface area contributed by atoms with Crippen molar-refractivity contribution in [3.63, 3.8) is 0 Å². The highest BCUT2D eigenvalue weighted by Crippen LogP contribution is 2.28. The number of aromatic nitrogens is 2. The lowest BCUT2D eigenvalue weighted by molar-refractivity contribution is 0.0507. The molecule has 0 spiro atoms. The molecule has 0 aliphatic heterocycles. The van der Waals surface area contributed by atoms with Crippen molar-refractivity contribution in [2.75, 3.05) is 0 Å². The molecule has 1 heterocycles. The normalized spacial score (nSPS) is 19.7. The first-order chi connectivity index (χ1) is 10.2. The number of aliphatic hydroxyl groups is 1. The molecule has 2 N–H and O–H groups in total. The largest absolute Gasteiger partial charge is 0.444 e. The van der Waals surface area contributed by atoms with Crippen LogP contribution in [0.5, 0.6) is 0 Å². The number of amides is 1. The van der Waals surface area contributed by atoms with Crippen molar-refractivity contribution in [1.29, 1.82) is 0 Å². The van der Waals surface area contributed by atoms with Crippen LogP contribution in [0, 0.1) is 0 Å². The molecule has 1 aliphatic carbocycles. The Morgan fingerprint density at radius 3 is 2.95 bits per heavy atom. The number of rotatable bonds is 4. The Bertz CT molecular complexity index is 555. The van der Waals surface area contributed by atoms with Crippen LogP contribution in [0.15, 0.2) is 18.6 Å². The SMILES string of the molecule is CC(O)Cn1cncc1C1=CCC(NC(=O)OC(C)(C)C)C1. The smallest absolute Gasteiger partial charge is 0.407 e. The second-order valence-electron chi connectivity index (χ2n) is 6.79. The molecule has 0 radical (unpaired) electrons. The van der Waals surface area contributed by atoms with Gasteiger partial charge in [-0.3, -0.25) is 0 Å². The van der Waals surface area contributed by atoms with E-state index in [2.05, 4.69) is 16.4 Å². The lowest BCUT2D eigenvalue weighted by Crippen LogP contribution is -2.38. The molecule has 2 rings (SSSR count). The molecule has 22 heavy (non-hydrogen) atoms. The van der Waals surface area contributed by atoms with Gasteiger partial charge in [0, 0.05) is 12.6 Å². The van der Waals surface area contributed by atoms with Gasteiger partial charge in [-0.1, -0.05) is 6.08 Å². The van der Waals surface area contributed by atoms with Crippen LogP contribution in [0.4, 0.5) is 4.79 Å². The summed E-state index contributed by atoms with van der Waals surface area (Å²) in [4.78, 5) is 16.0. The third-order valence-electron chi connectivity index (χ3n) is 3.34. The molecule has 0 bridgehead atoms. The molecule has 1 aromatic heterocycles.